The minimum atomic E-state index is -0.522. The maximum atomic E-state index is 12.5. The summed E-state index contributed by atoms with van der Waals surface area (Å²) in [7, 11) is 0. The number of para-hydroxylation sites is 1. The summed E-state index contributed by atoms with van der Waals surface area (Å²) in [5, 5.41) is 6.85. The highest BCUT2D eigenvalue weighted by Gasteiger charge is 2.32. The molecule has 2 aromatic rings. The molecular weight excluding hydrogens is 324 g/mol. The van der Waals surface area contributed by atoms with Crippen molar-refractivity contribution in [3.8, 4) is 5.69 Å². The first-order valence-corrected chi connectivity index (χ1v) is 7.62. The molecule has 1 fully saturated rings. The molecule has 24 heavy (non-hydrogen) atoms. The van der Waals surface area contributed by atoms with Gasteiger partial charge in [-0.3, -0.25) is 19.8 Å². The van der Waals surface area contributed by atoms with Crippen molar-refractivity contribution in [1.29, 1.82) is 0 Å². The Morgan fingerprint density at radius 2 is 1.96 bits per heavy atom. The molecule has 0 unspecified atom stereocenters. The lowest BCUT2D eigenvalue weighted by atomic mass is 10.1. The maximum absolute atomic E-state index is 12.5. The van der Waals surface area contributed by atoms with E-state index in [1.807, 2.05) is 30.3 Å². The molecule has 2 amide bonds. The minimum absolute atomic E-state index is 0.00290. The molecule has 1 aromatic carbocycles. The zero-order valence-corrected chi connectivity index (χ0v) is 13.5. The minimum Gasteiger partial charge on any atom is -0.298 e. The van der Waals surface area contributed by atoms with E-state index >= 15 is 0 Å². The summed E-state index contributed by atoms with van der Waals surface area (Å²) >= 11 is 5.03. The second kappa shape index (κ2) is 6.59. The zero-order valence-electron chi connectivity index (χ0n) is 12.7. The van der Waals surface area contributed by atoms with E-state index in [1.54, 1.807) is 23.0 Å². The Labute approximate surface area is 144 Å². The van der Waals surface area contributed by atoms with Crippen LogP contribution in [0, 0.1) is 0 Å². The first-order valence-electron chi connectivity index (χ1n) is 7.21. The van der Waals surface area contributed by atoms with E-state index in [0.717, 1.165) is 5.69 Å². The van der Waals surface area contributed by atoms with Gasteiger partial charge in [-0.05, 0) is 36.5 Å². The first kappa shape index (κ1) is 15.8. The summed E-state index contributed by atoms with van der Waals surface area (Å²) in [5.41, 5.74) is 1.45. The molecule has 2 heterocycles. The second-order valence-corrected chi connectivity index (χ2v) is 5.41. The first-order chi connectivity index (χ1) is 11.6. The molecule has 1 aliphatic heterocycles. The highest BCUT2D eigenvalue weighted by Crippen LogP contribution is 2.17. The number of nitrogens with one attached hydrogen (secondary N) is 1. The number of nitrogens with zero attached hydrogens (tertiary/aromatic N) is 3. The average molecular weight is 338 g/mol. The fourth-order valence-electron chi connectivity index (χ4n) is 2.34. The van der Waals surface area contributed by atoms with Gasteiger partial charge in [-0.2, -0.15) is 5.10 Å². The van der Waals surface area contributed by atoms with Crippen molar-refractivity contribution in [2.24, 2.45) is 0 Å². The summed E-state index contributed by atoms with van der Waals surface area (Å²) in [4.78, 5) is 26.0. The van der Waals surface area contributed by atoms with Crippen LogP contribution in [0.25, 0.3) is 11.8 Å². The molecule has 1 aromatic heterocycles. The van der Waals surface area contributed by atoms with E-state index in [9.17, 15) is 9.59 Å². The predicted octanol–water partition coefficient (Wildman–Crippen LogP) is 1.68. The molecule has 1 aliphatic rings. The topological polar surface area (TPSA) is 67.2 Å². The van der Waals surface area contributed by atoms with Crippen molar-refractivity contribution < 1.29 is 9.59 Å². The van der Waals surface area contributed by atoms with E-state index in [1.165, 1.54) is 11.0 Å². The molecule has 0 spiro atoms. The lowest BCUT2D eigenvalue weighted by Crippen LogP contribution is -2.53. The number of thiocarbonyl (C=S) groups is 1. The third-order valence-corrected chi connectivity index (χ3v) is 3.78. The normalized spacial score (nSPS) is 16.4. The van der Waals surface area contributed by atoms with Gasteiger partial charge in [0.05, 0.1) is 17.6 Å². The van der Waals surface area contributed by atoms with Crippen molar-refractivity contribution >= 4 is 35.2 Å². The van der Waals surface area contributed by atoms with Gasteiger partial charge in [-0.25, -0.2) is 4.68 Å². The summed E-state index contributed by atoms with van der Waals surface area (Å²) in [6, 6.07) is 11.2. The summed E-state index contributed by atoms with van der Waals surface area (Å²) in [5.74, 6) is -0.976. The standard InChI is InChI=1S/C17H14N4O2S/c1-2-10-20-16(23)14(15(22)19-17(20)24)11-13-8-9-18-21(13)12-6-4-3-5-7-12/h2-9,11H,1,10H2,(H,19,22,24). The Hall–Kier alpha value is -3.06. The third-order valence-electron chi connectivity index (χ3n) is 3.46. The lowest BCUT2D eigenvalue weighted by molar-refractivity contribution is -0.128. The molecule has 0 bridgehead atoms. The monoisotopic (exact) mass is 338 g/mol. The van der Waals surface area contributed by atoms with Crippen molar-refractivity contribution in [3.05, 3.63) is 66.5 Å². The van der Waals surface area contributed by atoms with Gasteiger partial charge >= 0.3 is 0 Å². The Balaban J connectivity index is 2.01. The molecule has 7 heteroatoms. The summed E-state index contributed by atoms with van der Waals surface area (Å²) in [6.45, 7) is 3.83. The lowest BCUT2D eigenvalue weighted by Gasteiger charge is -2.27. The largest absolute Gasteiger partial charge is 0.298 e. The zero-order chi connectivity index (χ0) is 17.1. The van der Waals surface area contributed by atoms with E-state index in [0.29, 0.717) is 5.69 Å². The van der Waals surface area contributed by atoms with Gasteiger partial charge < -0.3 is 0 Å². The van der Waals surface area contributed by atoms with Crippen LogP contribution >= 0.6 is 12.2 Å². The van der Waals surface area contributed by atoms with Gasteiger partial charge in [0, 0.05) is 6.54 Å². The third kappa shape index (κ3) is 2.89. The number of benzene rings is 1. The van der Waals surface area contributed by atoms with Crippen molar-refractivity contribution in [2.45, 2.75) is 0 Å². The molecule has 0 radical (unpaired) electrons. The van der Waals surface area contributed by atoms with Gasteiger partial charge in [0.2, 0.25) is 0 Å². The van der Waals surface area contributed by atoms with Crippen LogP contribution in [-0.2, 0) is 9.59 Å². The molecular formula is C17H14N4O2S. The number of aromatic nitrogens is 2. The van der Waals surface area contributed by atoms with Gasteiger partial charge in [0.1, 0.15) is 5.57 Å². The van der Waals surface area contributed by atoms with Gasteiger partial charge in [0.25, 0.3) is 11.8 Å². The predicted molar refractivity (Wildman–Crippen MR) is 94.2 cm³/mol. The molecule has 120 valence electrons. The van der Waals surface area contributed by atoms with Crippen LogP contribution in [0.3, 0.4) is 0 Å². The Morgan fingerprint density at radius 3 is 2.67 bits per heavy atom. The number of hydrogen-bond donors (Lipinski definition) is 1. The Kier molecular flexibility index (Phi) is 4.35. The number of hydrogen-bond acceptors (Lipinski definition) is 4. The average Bonchev–Trinajstić information content (AvgIpc) is 3.04. The molecule has 0 atom stereocenters. The molecule has 3 rings (SSSR count). The van der Waals surface area contributed by atoms with Crippen LogP contribution in [0.5, 0.6) is 0 Å². The Morgan fingerprint density at radius 1 is 1.21 bits per heavy atom. The number of amides is 2. The molecule has 6 nitrogen and oxygen atoms in total. The van der Waals surface area contributed by atoms with Crippen molar-refractivity contribution in [2.75, 3.05) is 6.54 Å². The number of rotatable bonds is 4. The van der Waals surface area contributed by atoms with E-state index in [-0.39, 0.29) is 17.2 Å². The van der Waals surface area contributed by atoms with E-state index in [4.69, 9.17) is 12.2 Å². The second-order valence-electron chi connectivity index (χ2n) is 5.03. The van der Waals surface area contributed by atoms with Crippen LogP contribution in [0.4, 0.5) is 0 Å². The quantitative estimate of drug-likeness (QED) is 0.399. The van der Waals surface area contributed by atoms with Crippen LogP contribution in [0.2, 0.25) is 0 Å². The molecule has 0 saturated carbocycles. The van der Waals surface area contributed by atoms with Gasteiger partial charge in [-0.15, -0.1) is 6.58 Å². The fourth-order valence-corrected chi connectivity index (χ4v) is 2.59. The molecule has 1 saturated heterocycles. The van der Waals surface area contributed by atoms with Crippen LogP contribution in [-0.4, -0.2) is 38.2 Å². The summed E-state index contributed by atoms with van der Waals surface area (Å²) in [6.07, 6.45) is 4.67. The van der Waals surface area contributed by atoms with Crippen molar-refractivity contribution in [3.63, 3.8) is 0 Å². The smallest absolute Gasteiger partial charge is 0.266 e. The maximum Gasteiger partial charge on any atom is 0.266 e. The van der Waals surface area contributed by atoms with E-state index < -0.39 is 11.8 Å². The SMILES string of the molecule is C=CCN1C(=O)C(=Cc2ccnn2-c2ccccc2)C(=O)NC1=S. The van der Waals surface area contributed by atoms with Gasteiger partial charge in [0.15, 0.2) is 5.11 Å². The van der Waals surface area contributed by atoms with E-state index in [2.05, 4.69) is 17.0 Å². The fraction of sp³-hybridized carbons (Fsp3) is 0.0588. The number of carbonyl (C=O) groups excluding carboxylic acids is 2. The van der Waals surface area contributed by atoms with Gasteiger partial charge in [-0.1, -0.05) is 24.3 Å². The van der Waals surface area contributed by atoms with Crippen molar-refractivity contribution in [1.82, 2.24) is 20.0 Å². The number of carbonyl (C=O) groups is 2. The molecule has 0 aliphatic carbocycles. The van der Waals surface area contributed by atoms with Crippen LogP contribution in [0.1, 0.15) is 5.69 Å². The highest BCUT2D eigenvalue weighted by atomic mass is 32.1. The van der Waals surface area contributed by atoms with Crippen LogP contribution < -0.4 is 5.32 Å². The molecule has 1 N–H and O–H groups in total. The Bertz CT molecular complexity index is 854. The summed E-state index contributed by atoms with van der Waals surface area (Å²) < 4.78 is 1.65. The van der Waals surface area contributed by atoms with Crippen LogP contribution in [0.15, 0.2) is 60.8 Å². The highest BCUT2D eigenvalue weighted by molar-refractivity contribution is 7.80.